The normalized spacial score (nSPS) is 24.9. The molecule has 1 fully saturated rings. The molecular formula is C18H26N2O2. The number of carbonyl (C=O) groups is 2. The molecule has 2 aliphatic rings. The molecule has 2 atom stereocenters. The molecule has 0 bridgehead atoms. The van der Waals surface area contributed by atoms with Gasteiger partial charge in [-0.2, -0.15) is 0 Å². The zero-order valence-electron chi connectivity index (χ0n) is 13.3. The van der Waals surface area contributed by atoms with E-state index in [9.17, 15) is 9.59 Å². The highest BCUT2D eigenvalue weighted by atomic mass is 16.1. The van der Waals surface area contributed by atoms with Crippen LogP contribution in [0.3, 0.4) is 0 Å². The van der Waals surface area contributed by atoms with Crippen molar-refractivity contribution in [1.29, 1.82) is 5.41 Å². The Balaban J connectivity index is 1.66. The lowest BCUT2D eigenvalue weighted by Gasteiger charge is -2.26. The Hall–Kier alpha value is -1.71. The van der Waals surface area contributed by atoms with Crippen molar-refractivity contribution in [3.05, 3.63) is 23.8 Å². The average molecular weight is 302 g/mol. The molecule has 2 rings (SSSR count). The lowest BCUT2D eigenvalue weighted by atomic mass is 9.79. The monoisotopic (exact) mass is 302 g/mol. The molecule has 120 valence electrons. The molecule has 0 aromatic heterocycles. The van der Waals surface area contributed by atoms with E-state index in [4.69, 9.17) is 5.41 Å². The van der Waals surface area contributed by atoms with E-state index in [1.807, 2.05) is 6.08 Å². The van der Waals surface area contributed by atoms with Crippen LogP contribution in [-0.2, 0) is 9.59 Å². The topological polar surface area (TPSA) is 70.0 Å². The van der Waals surface area contributed by atoms with Gasteiger partial charge in [0.1, 0.15) is 12.0 Å². The van der Waals surface area contributed by atoms with Gasteiger partial charge in [0.05, 0.1) is 0 Å². The fourth-order valence-electron chi connectivity index (χ4n) is 2.90. The van der Waals surface area contributed by atoms with Crippen molar-refractivity contribution in [3.8, 4) is 0 Å². The van der Waals surface area contributed by atoms with Crippen molar-refractivity contribution in [1.82, 2.24) is 5.32 Å². The molecular weight excluding hydrogens is 276 g/mol. The highest BCUT2D eigenvalue weighted by Crippen LogP contribution is 2.31. The second kappa shape index (κ2) is 8.06. The van der Waals surface area contributed by atoms with E-state index in [1.165, 1.54) is 12.8 Å². The molecule has 0 aromatic rings. The van der Waals surface area contributed by atoms with E-state index < -0.39 is 0 Å². The van der Waals surface area contributed by atoms with E-state index in [2.05, 4.69) is 18.3 Å². The maximum atomic E-state index is 11.7. The number of allylic oxidation sites excluding steroid dienone is 3. The Bertz CT molecular complexity index is 489. The largest absolute Gasteiger partial charge is 0.350 e. The third-order valence-electron chi connectivity index (χ3n) is 4.68. The van der Waals surface area contributed by atoms with Crippen molar-refractivity contribution in [2.45, 2.75) is 45.4 Å². The van der Waals surface area contributed by atoms with Gasteiger partial charge in [-0.1, -0.05) is 19.1 Å². The molecule has 1 unspecified atom stereocenters. The highest BCUT2D eigenvalue weighted by molar-refractivity contribution is 6.42. The first-order chi connectivity index (χ1) is 10.6. The number of amides is 1. The molecule has 4 heteroatoms. The Morgan fingerprint density at radius 1 is 1.45 bits per heavy atom. The van der Waals surface area contributed by atoms with Gasteiger partial charge in [-0.15, -0.1) is 0 Å². The maximum absolute atomic E-state index is 11.7. The van der Waals surface area contributed by atoms with Gasteiger partial charge in [0.25, 0.3) is 5.91 Å². The number of aldehydes is 1. The number of rotatable bonds is 8. The Morgan fingerprint density at radius 3 is 2.86 bits per heavy atom. The van der Waals surface area contributed by atoms with Crippen molar-refractivity contribution in [2.75, 3.05) is 6.54 Å². The van der Waals surface area contributed by atoms with Gasteiger partial charge < -0.3 is 5.32 Å². The third-order valence-corrected chi connectivity index (χ3v) is 4.68. The fraction of sp³-hybridized carbons (Fsp3) is 0.611. The van der Waals surface area contributed by atoms with Crippen LogP contribution >= 0.6 is 0 Å². The van der Waals surface area contributed by atoms with Crippen molar-refractivity contribution in [2.24, 2.45) is 17.8 Å². The summed E-state index contributed by atoms with van der Waals surface area (Å²) >= 11 is 0. The summed E-state index contributed by atoms with van der Waals surface area (Å²) in [5, 5.41) is 10.5. The fourth-order valence-corrected chi connectivity index (χ4v) is 2.90. The zero-order chi connectivity index (χ0) is 15.9. The molecule has 1 saturated carbocycles. The minimum Gasteiger partial charge on any atom is -0.350 e. The van der Waals surface area contributed by atoms with Crippen LogP contribution in [-0.4, -0.2) is 24.4 Å². The molecule has 0 aliphatic heterocycles. The first-order valence-corrected chi connectivity index (χ1v) is 8.27. The predicted molar refractivity (Wildman–Crippen MR) is 87.9 cm³/mol. The Labute approximate surface area is 132 Å². The number of nitrogens with one attached hydrogen (secondary N) is 2. The third kappa shape index (κ3) is 5.24. The zero-order valence-corrected chi connectivity index (χ0v) is 13.3. The molecule has 4 nitrogen and oxygen atoms in total. The van der Waals surface area contributed by atoms with Crippen LogP contribution in [0.25, 0.3) is 0 Å². The summed E-state index contributed by atoms with van der Waals surface area (Å²) in [6.07, 6.45) is 12.7. The summed E-state index contributed by atoms with van der Waals surface area (Å²) in [5.41, 5.74) is 0.967. The minimum absolute atomic E-state index is 0.0421. The standard InChI is InChI=1S/C18H26N2O2/c1-13-10-15(12-21)8-9-16(13)4-2-3-5-17(19)18(22)20-11-14-6-7-14/h3,5,8,12-14,16,19H,2,4,6-7,9-11H2,1H3,(H,20,22)/b5-3-,19-17?/t13?,16-/m0/s1. The molecule has 0 spiro atoms. The van der Waals surface area contributed by atoms with Crippen LogP contribution in [0.1, 0.15) is 45.4 Å². The lowest BCUT2D eigenvalue weighted by Crippen LogP contribution is -2.31. The number of carbonyl (C=O) groups excluding carboxylic acids is 2. The highest BCUT2D eigenvalue weighted by Gasteiger charge is 2.22. The van der Waals surface area contributed by atoms with Crippen LogP contribution in [0.2, 0.25) is 0 Å². The van der Waals surface area contributed by atoms with Gasteiger partial charge >= 0.3 is 0 Å². The second-order valence-electron chi connectivity index (χ2n) is 6.62. The summed E-state index contributed by atoms with van der Waals surface area (Å²) in [5.74, 6) is 1.48. The van der Waals surface area contributed by atoms with Gasteiger partial charge in [0, 0.05) is 6.54 Å². The van der Waals surface area contributed by atoms with E-state index in [-0.39, 0.29) is 11.6 Å². The van der Waals surface area contributed by atoms with Crippen molar-refractivity contribution in [3.63, 3.8) is 0 Å². The quantitative estimate of drug-likeness (QED) is 0.534. The lowest BCUT2D eigenvalue weighted by molar-refractivity contribution is -0.114. The van der Waals surface area contributed by atoms with Crippen LogP contribution in [0.15, 0.2) is 23.8 Å². The SMILES string of the molecule is CC1CC(C=O)=CC[C@@H]1CC/C=C\C(=N)C(=O)NCC1CC1. The molecule has 2 N–H and O–H groups in total. The van der Waals surface area contributed by atoms with Crippen LogP contribution < -0.4 is 5.32 Å². The van der Waals surface area contributed by atoms with Crippen molar-refractivity contribution >= 4 is 17.9 Å². The second-order valence-corrected chi connectivity index (χ2v) is 6.62. The number of hydrogen-bond donors (Lipinski definition) is 2. The maximum Gasteiger partial charge on any atom is 0.269 e. The molecule has 1 amide bonds. The van der Waals surface area contributed by atoms with Crippen LogP contribution in [0.5, 0.6) is 0 Å². The summed E-state index contributed by atoms with van der Waals surface area (Å²) in [6.45, 7) is 2.90. The van der Waals surface area contributed by atoms with E-state index in [1.54, 1.807) is 6.08 Å². The Morgan fingerprint density at radius 2 is 2.23 bits per heavy atom. The van der Waals surface area contributed by atoms with Gasteiger partial charge in [-0.3, -0.25) is 15.0 Å². The molecule has 22 heavy (non-hydrogen) atoms. The van der Waals surface area contributed by atoms with Gasteiger partial charge in [0.2, 0.25) is 0 Å². The minimum atomic E-state index is -0.271. The van der Waals surface area contributed by atoms with Gasteiger partial charge in [-0.25, -0.2) is 0 Å². The van der Waals surface area contributed by atoms with E-state index >= 15 is 0 Å². The molecule has 0 saturated heterocycles. The van der Waals surface area contributed by atoms with Crippen LogP contribution in [0, 0.1) is 23.2 Å². The number of hydrogen-bond acceptors (Lipinski definition) is 3. The van der Waals surface area contributed by atoms with Crippen LogP contribution in [0.4, 0.5) is 0 Å². The first kappa shape index (κ1) is 16.7. The van der Waals surface area contributed by atoms with E-state index in [0.717, 1.165) is 37.5 Å². The molecule has 0 heterocycles. The summed E-state index contributed by atoms with van der Waals surface area (Å²) in [7, 11) is 0. The van der Waals surface area contributed by atoms with E-state index in [0.29, 0.717) is 24.3 Å². The summed E-state index contributed by atoms with van der Waals surface area (Å²) < 4.78 is 0. The molecule has 2 aliphatic carbocycles. The Kier molecular flexibility index (Phi) is 6.10. The predicted octanol–water partition coefficient (Wildman–Crippen LogP) is 3.04. The summed E-state index contributed by atoms with van der Waals surface area (Å²) in [6, 6.07) is 0. The average Bonchev–Trinajstić information content (AvgIpc) is 3.34. The summed E-state index contributed by atoms with van der Waals surface area (Å²) in [4.78, 5) is 22.4. The van der Waals surface area contributed by atoms with Crippen molar-refractivity contribution < 1.29 is 9.59 Å². The smallest absolute Gasteiger partial charge is 0.269 e. The van der Waals surface area contributed by atoms with Gasteiger partial charge in [0.15, 0.2) is 0 Å². The molecule has 0 aromatic carbocycles. The van der Waals surface area contributed by atoms with Gasteiger partial charge in [-0.05, 0) is 67.9 Å². The molecule has 0 radical (unpaired) electrons. The first-order valence-electron chi connectivity index (χ1n) is 8.27.